The Bertz CT molecular complexity index is 961. The second-order valence-corrected chi connectivity index (χ2v) is 4.65. The quantitative estimate of drug-likeness (QED) is 0.450. The Morgan fingerprint density at radius 2 is 1.67 bits per heavy atom. The van der Waals surface area contributed by atoms with Crippen molar-refractivity contribution in [2.45, 2.75) is 0 Å². The van der Waals surface area contributed by atoms with Crippen molar-refractivity contribution in [1.82, 2.24) is 19.9 Å². The summed E-state index contributed by atoms with van der Waals surface area (Å²) < 4.78 is 0. The number of imidazole rings is 1. The van der Waals surface area contributed by atoms with Gasteiger partial charge in [0.25, 0.3) is 0 Å². The second kappa shape index (κ2) is 4.49. The van der Waals surface area contributed by atoms with Crippen molar-refractivity contribution in [1.29, 1.82) is 0 Å². The zero-order chi connectivity index (χ0) is 14.2. The topological polar surface area (TPSA) is 71.5 Å². The van der Waals surface area contributed by atoms with Crippen LogP contribution in [-0.2, 0) is 0 Å². The number of ketones is 1. The Hall–Kier alpha value is -3.08. The Balaban J connectivity index is 2.01. The highest BCUT2D eigenvalue weighted by molar-refractivity contribution is 6.13. The third kappa shape index (κ3) is 1.87. The van der Waals surface area contributed by atoms with E-state index >= 15 is 0 Å². The van der Waals surface area contributed by atoms with Crippen LogP contribution in [0.15, 0.2) is 54.9 Å². The van der Waals surface area contributed by atoms with Crippen LogP contribution in [0.2, 0.25) is 0 Å². The maximum Gasteiger partial charge on any atom is 0.230 e. The summed E-state index contributed by atoms with van der Waals surface area (Å²) in [7, 11) is 0. The number of H-pyrrole nitrogens is 1. The normalized spacial score (nSPS) is 11.0. The molecule has 0 spiro atoms. The van der Waals surface area contributed by atoms with Crippen molar-refractivity contribution < 1.29 is 4.79 Å². The molecular weight excluding hydrogens is 264 g/mol. The van der Waals surface area contributed by atoms with Gasteiger partial charge in [-0.05, 0) is 24.3 Å². The van der Waals surface area contributed by atoms with Crippen LogP contribution in [0.4, 0.5) is 0 Å². The van der Waals surface area contributed by atoms with Crippen LogP contribution in [0.25, 0.3) is 22.1 Å². The molecule has 0 saturated carbocycles. The molecule has 0 fully saturated rings. The number of nitrogens with one attached hydrogen (secondary N) is 1. The van der Waals surface area contributed by atoms with Crippen molar-refractivity contribution in [3.8, 4) is 0 Å². The van der Waals surface area contributed by atoms with Crippen molar-refractivity contribution in [2.75, 3.05) is 0 Å². The first-order chi connectivity index (χ1) is 10.3. The van der Waals surface area contributed by atoms with Gasteiger partial charge in [-0.1, -0.05) is 18.2 Å². The lowest BCUT2D eigenvalue weighted by Gasteiger charge is -2.05. The van der Waals surface area contributed by atoms with E-state index in [9.17, 15) is 4.79 Å². The van der Waals surface area contributed by atoms with Gasteiger partial charge in [0.05, 0.1) is 22.1 Å². The molecule has 2 aromatic carbocycles. The molecule has 0 aliphatic heterocycles. The zero-order valence-corrected chi connectivity index (χ0v) is 10.9. The molecular formula is C16H10N4O. The summed E-state index contributed by atoms with van der Waals surface area (Å²) in [6, 6.07) is 13.0. The number of hydrogen-bond acceptors (Lipinski definition) is 4. The van der Waals surface area contributed by atoms with E-state index in [1.54, 1.807) is 18.5 Å². The van der Waals surface area contributed by atoms with Gasteiger partial charge in [-0.2, -0.15) is 0 Å². The lowest BCUT2D eigenvalue weighted by atomic mass is 10.1. The number of carbonyl (C=O) groups excluding carboxylic acids is 1. The van der Waals surface area contributed by atoms with Crippen LogP contribution in [0.3, 0.4) is 0 Å². The highest BCUT2D eigenvalue weighted by atomic mass is 16.1. The highest BCUT2D eigenvalue weighted by Gasteiger charge is 2.16. The summed E-state index contributed by atoms with van der Waals surface area (Å²) in [5, 5.41) is 0. The standard InChI is InChI=1S/C16H10N4O/c21-15(16-17-8-9-18-16)10-4-3-7-13-14(10)20-12-6-2-1-5-11(12)19-13/h1-9H,(H,17,18). The highest BCUT2D eigenvalue weighted by Crippen LogP contribution is 2.20. The number of fused-ring (bicyclic) bond motifs is 2. The fraction of sp³-hybridized carbons (Fsp3) is 0. The van der Waals surface area contributed by atoms with E-state index < -0.39 is 0 Å². The van der Waals surface area contributed by atoms with E-state index in [1.165, 1.54) is 0 Å². The Kier molecular flexibility index (Phi) is 2.50. The molecule has 0 amide bonds. The molecule has 0 aliphatic carbocycles. The van der Waals surface area contributed by atoms with Gasteiger partial charge in [0.1, 0.15) is 5.52 Å². The average Bonchev–Trinajstić information content (AvgIpc) is 3.06. The van der Waals surface area contributed by atoms with Crippen LogP contribution in [0.1, 0.15) is 16.2 Å². The summed E-state index contributed by atoms with van der Waals surface area (Å²) in [5.74, 6) is 0.118. The monoisotopic (exact) mass is 274 g/mol. The van der Waals surface area contributed by atoms with Crippen molar-refractivity contribution in [3.05, 3.63) is 66.2 Å². The molecule has 0 unspecified atom stereocenters. The molecule has 0 atom stereocenters. The van der Waals surface area contributed by atoms with E-state index in [0.717, 1.165) is 11.0 Å². The molecule has 0 radical (unpaired) electrons. The SMILES string of the molecule is O=C(c1ncc[nH]1)c1cccc2nc3ccccc3nc12. The summed E-state index contributed by atoms with van der Waals surface area (Å²) in [5.41, 5.74) is 3.38. The Labute approximate surface area is 119 Å². The van der Waals surface area contributed by atoms with E-state index in [1.807, 2.05) is 36.4 Å². The first-order valence-corrected chi connectivity index (χ1v) is 6.52. The van der Waals surface area contributed by atoms with Gasteiger partial charge in [0.2, 0.25) is 5.78 Å². The third-order valence-electron chi connectivity index (χ3n) is 3.33. The maximum absolute atomic E-state index is 12.5. The number of para-hydroxylation sites is 3. The fourth-order valence-corrected chi connectivity index (χ4v) is 2.34. The fourth-order valence-electron chi connectivity index (χ4n) is 2.34. The van der Waals surface area contributed by atoms with Gasteiger partial charge in [-0.15, -0.1) is 0 Å². The molecule has 0 saturated heterocycles. The number of aromatic nitrogens is 4. The van der Waals surface area contributed by atoms with Crippen LogP contribution in [0.5, 0.6) is 0 Å². The van der Waals surface area contributed by atoms with Crippen LogP contribution < -0.4 is 0 Å². The Morgan fingerprint density at radius 1 is 0.905 bits per heavy atom. The maximum atomic E-state index is 12.5. The molecule has 1 N–H and O–H groups in total. The van der Waals surface area contributed by atoms with E-state index in [-0.39, 0.29) is 5.78 Å². The number of rotatable bonds is 2. The molecule has 100 valence electrons. The van der Waals surface area contributed by atoms with Gasteiger partial charge in [0.15, 0.2) is 5.82 Å². The molecule has 5 nitrogen and oxygen atoms in total. The average molecular weight is 274 g/mol. The summed E-state index contributed by atoms with van der Waals surface area (Å²) >= 11 is 0. The van der Waals surface area contributed by atoms with Crippen LogP contribution >= 0.6 is 0 Å². The molecule has 0 aliphatic rings. The van der Waals surface area contributed by atoms with Crippen molar-refractivity contribution in [2.24, 2.45) is 0 Å². The van der Waals surface area contributed by atoms with Gasteiger partial charge < -0.3 is 4.98 Å². The number of hydrogen-bond donors (Lipinski definition) is 1. The van der Waals surface area contributed by atoms with E-state index in [2.05, 4.69) is 19.9 Å². The first-order valence-electron chi connectivity index (χ1n) is 6.52. The summed E-state index contributed by atoms with van der Waals surface area (Å²) in [6.45, 7) is 0. The predicted molar refractivity (Wildman–Crippen MR) is 79.1 cm³/mol. The van der Waals surface area contributed by atoms with Crippen LogP contribution in [-0.4, -0.2) is 25.7 Å². The van der Waals surface area contributed by atoms with Gasteiger partial charge in [0, 0.05) is 12.4 Å². The minimum atomic E-state index is -0.185. The van der Waals surface area contributed by atoms with Gasteiger partial charge >= 0.3 is 0 Å². The predicted octanol–water partition coefficient (Wildman–Crippen LogP) is 2.74. The van der Waals surface area contributed by atoms with Crippen LogP contribution in [0, 0.1) is 0 Å². The molecule has 5 heteroatoms. The zero-order valence-electron chi connectivity index (χ0n) is 10.9. The molecule has 4 rings (SSSR count). The number of aromatic amines is 1. The van der Waals surface area contributed by atoms with Gasteiger partial charge in [-0.3, -0.25) is 4.79 Å². The largest absolute Gasteiger partial charge is 0.342 e. The minimum absolute atomic E-state index is 0.185. The smallest absolute Gasteiger partial charge is 0.230 e. The lowest BCUT2D eigenvalue weighted by Crippen LogP contribution is -2.05. The third-order valence-corrected chi connectivity index (χ3v) is 3.33. The Morgan fingerprint density at radius 3 is 2.43 bits per heavy atom. The lowest BCUT2D eigenvalue weighted by molar-refractivity contribution is 0.103. The molecule has 4 aromatic rings. The molecule has 21 heavy (non-hydrogen) atoms. The van der Waals surface area contributed by atoms with Gasteiger partial charge in [-0.25, -0.2) is 15.0 Å². The second-order valence-electron chi connectivity index (χ2n) is 4.65. The first kappa shape index (κ1) is 11.7. The number of benzene rings is 2. The minimum Gasteiger partial charge on any atom is -0.342 e. The molecule has 2 aromatic heterocycles. The number of carbonyl (C=O) groups is 1. The van der Waals surface area contributed by atoms with Crippen molar-refractivity contribution in [3.63, 3.8) is 0 Å². The van der Waals surface area contributed by atoms with E-state index in [0.29, 0.717) is 22.4 Å². The summed E-state index contributed by atoms with van der Waals surface area (Å²) in [6.07, 6.45) is 3.18. The molecule has 2 heterocycles. The number of nitrogens with zero attached hydrogens (tertiary/aromatic N) is 3. The van der Waals surface area contributed by atoms with Crippen molar-refractivity contribution >= 4 is 27.9 Å². The van der Waals surface area contributed by atoms with E-state index in [4.69, 9.17) is 0 Å². The molecule has 0 bridgehead atoms. The summed E-state index contributed by atoms with van der Waals surface area (Å²) in [4.78, 5) is 28.5.